The molecule has 0 spiro atoms. The topological polar surface area (TPSA) is 30.8 Å². The summed E-state index contributed by atoms with van der Waals surface area (Å²) >= 11 is 0. The van der Waals surface area contributed by atoms with Crippen LogP contribution in [0.5, 0.6) is 5.75 Å². The number of methoxy groups -OCH3 is 1. The highest BCUT2D eigenvalue weighted by atomic mass is 16.5. The maximum atomic E-state index is 6.03. The molecule has 0 atom stereocenters. The summed E-state index contributed by atoms with van der Waals surface area (Å²) in [5.74, 6) is 1.45. The van der Waals surface area contributed by atoms with Crippen LogP contribution in [-0.4, -0.2) is 13.0 Å². The lowest BCUT2D eigenvalue weighted by atomic mass is 10.2. The summed E-state index contributed by atoms with van der Waals surface area (Å²) < 4.78 is 11.2. The first-order valence-corrected chi connectivity index (χ1v) is 8.21. The standard InChI is InChI=1S/C22H21NO2/c1-17-8-12-20(13-9-17)23-22(19-6-4-3-5-7-19)25-16-18-10-14-21(24-2)15-11-18/h3-15H,16H2,1-2H3. The molecule has 3 aromatic carbocycles. The van der Waals surface area contributed by atoms with E-state index in [1.807, 2.05) is 78.9 Å². The molecule has 25 heavy (non-hydrogen) atoms. The van der Waals surface area contributed by atoms with E-state index in [1.165, 1.54) is 5.56 Å². The van der Waals surface area contributed by atoms with E-state index in [-0.39, 0.29) is 0 Å². The SMILES string of the molecule is COc1ccc(COC(=Nc2ccc(C)cc2)c2ccccc2)cc1. The van der Waals surface area contributed by atoms with Crippen molar-refractivity contribution in [3.8, 4) is 5.75 Å². The van der Waals surface area contributed by atoms with Gasteiger partial charge in [0.25, 0.3) is 0 Å². The molecule has 0 aliphatic carbocycles. The minimum absolute atomic E-state index is 0.448. The second kappa shape index (κ2) is 8.15. The molecular formula is C22H21NO2. The molecule has 0 aliphatic rings. The number of benzene rings is 3. The Morgan fingerprint density at radius 1 is 0.840 bits per heavy atom. The lowest BCUT2D eigenvalue weighted by molar-refractivity contribution is 0.293. The monoisotopic (exact) mass is 331 g/mol. The Kier molecular flexibility index (Phi) is 5.47. The number of aryl methyl sites for hydroxylation is 1. The summed E-state index contributed by atoms with van der Waals surface area (Å²) in [6.45, 7) is 2.51. The molecule has 3 rings (SSSR count). The molecule has 0 bridgehead atoms. The van der Waals surface area contributed by atoms with Crippen LogP contribution in [0.25, 0.3) is 0 Å². The fraction of sp³-hybridized carbons (Fsp3) is 0.136. The van der Waals surface area contributed by atoms with Gasteiger partial charge in [0.1, 0.15) is 12.4 Å². The highest BCUT2D eigenvalue weighted by Crippen LogP contribution is 2.17. The Balaban J connectivity index is 1.82. The Morgan fingerprint density at radius 3 is 2.16 bits per heavy atom. The molecule has 0 aromatic heterocycles. The van der Waals surface area contributed by atoms with Crippen LogP contribution in [0.1, 0.15) is 16.7 Å². The van der Waals surface area contributed by atoms with Gasteiger partial charge < -0.3 is 9.47 Å². The molecule has 126 valence electrons. The molecule has 0 saturated carbocycles. The number of nitrogens with zero attached hydrogens (tertiary/aromatic N) is 1. The Morgan fingerprint density at radius 2 is 1.52 bits per heavy atom. The summed E-state index contributed by atoms with van der Waals surface area (Å²) in [6, 6.07) is 25.9. The van der Waals surface area contributed by atoms with Gasteiger partial charge in [0, 0.05) is 5.56 Å². The van der Waals surface area contributed by atoms with E-state index < -0.39 is 0 Å². The molecule has 0 heterocycles. The normalized spacial score (nSPS) is 11.2. The Labute approximate surface area is 148 Å². The number of hydrogen-bond acceptors (Lipinski definition) is 3. The summed E-state index contributed by atoms with van der Waals surface area (Å²) in [6.07, 6.45) is 0. The average Bonchev–Trinajstić information content (AvgIpc) is 2.68. The van der Waals surface area contributed by atoms with Crippen molar-refractivity contribution in [2.24, 2.45) is 4.99 Å². The van der Waals surface area contributed by atoms with Crippen molar-refractivity contribution in [3.05, 3.63) is 95.6 Å². The summed E-state index contributed by atoms with van der Waals surface area (Å²) in [7, 11) is 1.66. The number of hydrogen-bond donors (Lipinski definition) is 0. The molecule has 0 aliphatic heterocycles. The molecule has 3 aromatic rings. The van der Waals surface area contributed by atoms with Crippen molar-refractivity contribution in [3.63, 3.8) is 0 Å². The molecule has 0 unspecified atom stereocenters. The molecule has 0 fully saturated rings. The third-order valence-electron chi connectivity index (χ3n) is 3.82. The Bertz CT molecular complexity index is 822. The maximum absolute atomic E-state index is 6.03. The van der Waals surface area contributed by atoms with E-state index >= 15 is 0 Å². The average molecular weight is 331 g/mol. The van der Waals surface area contributed by atoms with E-state index in [0.29, 0.717) is 12.5 Å². The summed E-state index contributed by atoms with van der Waals surface area (Å²) in [4.78, 5) is 4.69. The van der Waals surface area contributed by atoms with E-state index in [9.17, 15) is 0 Å². The fourth-order valence-electron chi connectivity index (χ4n) is 2.37. The van der Waals surface area contributed by atoms with Crippen molar-refractivity contribution in [2.45, 2.75) is 13.5 Å². The highest BCUT2D eigenvalue weighted by Gasteiger charge is 2.06. The fourth-order valence-corrected chi connectivity index (χ4v) is 2.37. The van der Waals surface area contributed by atoms with Crippen molar-refractivity contribution in [1.82, 2.24) is 0 Å². The lowest BCUT2D eigenvalue weighted by Gasteiger charge is -2.10. The molecule has 3 nitrogen and oxygen atoms in total. The largest absolute Gasteiger partial charge is 0.497 e. The van der Waals surface area contributed by atoms with Gasteiger partial charge in [-0.15, -0.1) is 0 Å². The van der Waals surface area contributed by atoms with E-state index in [1.54, 1.807) is 7.11 Å². The van der Waals surface area contributed by atoms with Gasteiger partial charge in [0.2, 0.25) is 5.90 Å². The number of ether oxygens (including phenoxy) is 2. The number of aliphatic imine (C=N–C) groups is 1. The smallest absolute Gasteiger partial charge is 0.221 e. The molecule has 0 amide bonds. The molecule has 0 saturated heterocycles. The van der Waals surface area contributed by atoms with Crippen LogP contribution in [0.4, 0.5) is 5.69 Å². The van der Waals surface area contributed by atoms with Crippen LogP contribution in [0.2, 0.25) is 0 Å². The third-order valence-corrected chi connectivity index (χ3v) is 3.82. The van der Waals surface area contributed by atoms with E-state index in [0.717, 1.165) is 22.6 Å². The van der Waals surface area contributed by atoms with E-state index in [4.69, 9.17) is 9.47 Å². The summed E-state index contributed by atoms with van der Waals surface area (Å²) in [5, 5.41) is 0. The van der Waals surface area contributed by atoms with Crippen molar-refractivity contribution in [1.29, 1.82) is 0 Å². The first-order chi connectivity index (χ1) is 12.2. The van der Waals surface area contributed by atoms with Crippen LogP contribution in [0.15, 0.2) is 83.9 Å². The van der Waals surface area contributed by atoms with Gasteiger partial charge in [-0.05, 0) is 48.9 Å². The zero-order valence-corrected chi connectivity index (χ0v) is 14.5. The zero-order valence-electron chi connectivity index (χ0n) is 14.5. The van der Waals surface area contributed by atoms with Crippen molar-refractivity contribution in [2.75, 3.05) is 7.11 Å². The molecular weight excluding hydrogens is 310 g/mol. The van der Waals surface area contributed by atoms with Gasteiger partial charge in [-0.25, -0.2) is 4.99 Å². The third kappa shape index (κ3) is 4.70. The second-order valence-corrected chi connectivity index (χ2v) is 5.76. The first-order valence-electron chi connectivity index (χ1n) is 8.21. The zero-order chi connectivity index (χ0) is 17.5. The predicted octanol–water partition coefficient (Wildman–Crippen LogP) is 5.30. The van der Waals surface area contributed by atoms with Gasteiger partial charge in [-0.1, -0.05) is 48.0 Å². The van der Waals surface area contributed by atoms with Crippen molar-refractivity contribution < 1.29 is 9.47 Å². The molecule has 0 N–H and O–H groups in total. The second-order valence-electron chi connectivity index (χ2n) is 5.76. The van der Waals surface area contributed by atoms with Gasteiger partial charge in [0.15, 0.2) is 0 Å². The van der Waals surface area contributed by atoms with Crippen LogP contribution in [0, 0.1) is 6.92 Å². The predicted molar refractivity (Wildman–Crippen MR) is 102 cm³/mol. The maximum Gasteiger partial charge on any atom is 0.221 e. The molecule has 0 radical (unpaired) electrons. The highest BCUT2D eigenvalue weighted by molar-refractivity contribution is 5.95. The van der Waals surface area contributed by atoms with Crippen molar-refractivity contribution >= 4 is 11.6 Å². The number of rotatable bonds is 5. The lowest BCUT2D eigenvalue weighted by Crippen LogP contribution is -2.06. The Hall–Kier alpha value is -3.07. The summed E-state index contributed by atoms with van der Waals surface area (Å²) in [5.41, 5.74) is 4.10. The first kappa shape index (κ1) is 16.8. The van der Waals surface area contributed by atoms with Gasteiger partial charge >= 0.3 is 0 Å². The van der Waals surface area contributed by atoms with Gasteiger partial charge in [0.05, 0.1) is 12.8 Å². The molecule has 3 heteroatoms. The van der Waals surface area contributed by atoms with E-state index in [2.05, 4.69) is 11.9 Å². The van der Waals surface area contributed by atoms with Gasteiger partial charge in [-0.2, -0.15) is 0 Å². The quantitative estimate of drug-likeness (QED) is 0.469. The van der Waals surface area contributed by atoms with Crippen LogP contribution in [-0.2, 0) is 11.3 Å². The van der Waals surface area contributed by atoms with Crippen LogP contribution in [0.3, 0.4) is 0 Å². The van der Waals surface area contributed by atoms with Crippen LogP contribution >= 0.6 is 0 Å². The van der Waals surface area contributed by atoms with Crippen LogP contribution < -0.4 is 4.74 Å². The minimum Gasteiger partial charge on any atom is -0.497 e. The van der Waals surface area contributed by atoms with Gasteiger partial charge in [-0.3, -0.25) is 0 Å². The minimum atomic E-state index is 0.448.